The standard InChI is InChI=1S/C24H25Cl2FN2O3/c25-16-2-9-22-15(12-16)13-23(32-22)24(30)29-18-5-3-17(4-6-18)28-10-1-11-31-19-7-8-20(26)21(27)14-19/h2,7-9,12-14,17-18,28H,1,3-6,10-11H2,(H,29,30). The van der Waals surface area contributed by atoms with Crippen LogP contribution in [0.4, 0.5) is 4.39 Å². The van der Waals surface area contributed by atoms with Crippen LogP contribution in [0.15, 0.2) is 46.9 Å². The highest BCUT2D eigenvalue weighted by molar-refractivity contribution is 6.31. The van der Waals surface area contributed by atoms with E-state index in [0.29, 0.717) is 34.8 Å². The van der Waals surface area contributed by atoms with Crippen molar-refractivity contribution in [2.24, 2.45) is 0 Å². The Morgan fingerprint density at radius 3 is 2.62 bits per heavy atom. The zero-order valence-electron chi connectivity index (χ0n) is 17.5. The first-order valence-corrected chi connectivity index (χ1v) is 11.5. The van der Waals surface area contributed by atoms with Gasteiger partial charge in [0.15, 0.2) is 5.76 Å². The zero-order valence-corrected chi connectivity index (χ0v) is 19.0. The fraction of sp³-hybridized carbons (Fsp3) is 0.375. The van der Waals surface area contributed by atoms with E-state index in [0.717, 1.165) is 44.0 Å². The van der Waals surface area contributed by atoms with Gasteiger partial charge in [-0.1, -0.05) is 23.2 Å². The molecule has 1 amide bonds. The summed E-state index contributed by atoms with van der Waals surface area (Å²) in [7, 11) is 0. The molecule has 1 heterocycles. The molecule has 1 saturated carbocycles. The number of hydrogen-bond acceptors (Lipinski definition) is 4. The van der Waals surface area contributed by atoms with Crippen LogP contribution in [0.5, 0.6) is 5.75 Å². The molecule has 0 saturated heterocycles. The van der Waals surface area contributed by atoms with Gasteiger partial charge in [0, 0.05) is 28.6 Å². The third-order valence-corrected chi connectivity index (χ3v) is 6.22. The number of furan rings is 1. The van der Waals surface area contributed by atoms with Gasteiger partial charge < -0.3 is 19.8 Å². The molecule has 170 valence electrons. The lowest BCUT2D eigenvalue weighted by atomic mass is 9.91. The number of hydrogen-bond donors (Lipinski definition) is 2. The van der Waals surface area contributed by atoms with Gasteiger partial charge in [-0.2, -0.15) is 0 Å². The van der Waals surface area contributed by atoms with Gasteiger partial charge in [-0.3, -0.25) is 4.79 Å². The summed E-state index contributed by atoms with van der Waals surface area (Å²) in [4.78, 5) is 12.6. The van der Waals surface area contributed by atoms with Crippen molar-refractivity contribution in [3.63, 3.8) is 0 Å². The highest BCUT2D eigenvalue weighted by Gasteiger charge is 2.23. The van der Waals surface area contributed by atoms with Crippen molar-refractivity contribution in [2.45, 2.75) is 44.2 Å². The van der Waals surface area contributed by atoms with Crippen molar-refractivity contribution >= 4 is 40.1 Å². The van der Waals surface area contributed by atoms with E-state index in [9.17, 15) is 9.18 Å². The maximum atomic E-state index is 13.4. The van der Waals surface area contributed by atoms with Crippen LogP contribution in [-0.2, 0) is 0 Å². The predicted octanol–water partition coefficient (Wildman–Crippen LogP) is 5.98. The van der Waals surface area contributed by atoms with E-state index < -0.39 is 5.82 Å². The molecule has 5 nitrogen and oxygen atoms in total. The summed E-state index contributed by atoms with van der Waals surface area (Å²) in [5.74, 6) is 0.124. The smallest absolute Gasteiger partial charge is 0.287 e. The van der Waals surface area contributed by atoms with E-state index >= 15 is 0 Å². The monoisotopic (exact) mass is 478 g/mol. The van der Waals surface area contributed by atoms with Crippen molar-refractivity contribution in [1.82, 2.24) is 10.6 Å². The summed E-state index contributed by atoms with van der Waals surface area (Å²) >= 11 is 11.7. The molecular weight excluding hydrogens is 454 g/mol. The van der Waals surface area contributed by atoms with E-state index in [1.807, 2.05) is 0 Å². The Kier molecular flexibility index (Phi) is 7.55. The second-order valence-electron chi connectivity index (χ2n) is 8.05. The lowest BCUT2D eigenvalue weighted by Gasteiger charge is -2.29. The van der Waals surface area contributed by atoms with Crippen LogP contribution < -0.4 is 15.4 Å². The number of nitrogens with one attached hydrogen (secondary N) is 2. The summed E-state index contributed by atoms with van der Waals surface area (Å²) in [6, 6.07) is 12.0. The number of fused-ring (bicyclic) bond motifs is 1. The van der Waals surface area contributed by atoms with E-state index in [4.69, 9.17) is 32.4 Å². The maximum Gasteiger partial charge on any atom is 0.287 e. The fourth-order valence-electron chi connectivity index (χ4n) is 3.96. The summed E-state index contributed by atoms with van der Waals surface area (Å²) in [6.45, 7) is 1.32. The largest absolute Gasteiger partial charge is 0.493 e. The Hall–Kier alpha value is -2.28. The summed E-state index contributed by atoms with van der Waals surface area (Å²) in [6.07, 6.45) is 4.62. The third-order valence-electron chi connectivity index (χ3n) is 5.68. The molecule has 0 atom stereocenters. The van der Waals surface area contributed by atoms with Crippen molar-refractivity contribution in [2.75, 3.05) is 13.2 Å². The molecule has 3 aromatic rings. The van der Waals surface area contributed by atoms with Crippen LogP contribution >= 0.6 is 23.2 Å². The molecule has 0 aliphatic heterocycles. The Bertz CT molecular complexity index is 1080. The Labute approximate surface area is 196 Å². The quantitative estimate of drug-likeness (QED) is 0.391. The molecule has 2 aromatic carbocycles. The summed E-state index contributed by atoms with van der Waals surface area (Å²) < 4.78 is 24.6. The molecule has 2 N–H and O–H groups in total. The van der Waals surface area contributed by atoms with E-state index in [2.05, 4.69) is 10.6 Å². The number of carbonyl (C=O) groups excluding carboxylic acids is 1. The lowest BCUT2D eigenvalue weighted by molar-refractivity contribution is 0.0898. The summed E-state index contributed by atoms with van der Waals surface area (Å²) in [5, 5.41) is 8.14. The molecule has 0 bridgehead atoms. The summed E-state index contributed by atoms with van der Waals surface area (Å²) in [5.41, 5.74) is 0.651. The number of benzene rings is 2. The predicted molar refractivity (Wildman–Crippen MR) is 124 cm³/mol. The van der Waals surface area contributed by atoms with E-state index in [-0.39, 0.29) is 17.0 Å². The fourth-order valence-corrected chi connectivity index (χ4v) is 4.26. The van der Waals surface area contributed by atoms with Crippen molar-refractivity contribution in [3.05, 3.63) is 64.1 Å². The van der Waals surface area contributed by atoms with Crippen molar-refractivity contribution in [3.8, 4) is 5.75 Å². The molecule has 1 fully saturated rings. The Balaban J connectivity index is 1.14. The van der Waals surface area contributed by atoms with Gasteiger partial charge >= 0.3 is 0 Å². The van der Waals surface area contributed by atoms with Gasteiger partial charge in [-0.15, -0.1) is 0 Å². The van der Waals surface area contributed by atoms with E-state index in [1.54, 1.807) is 30.3 Å². The first-order chi connectivity index (χ1) is 15.5. The van der Waals surface area contributed by atoms with Crippen LogP contribution in [0.2, 0.25) is 10.0 Å². The zero-order chi connectivity index (χ0) is 22.5. The topological polar surface area (TPSA) is 63.5 Å². The van der Waals surface area contributed by atoms with Gasteiger partial charge in [0.1, 0.15) is 17.1 Å². The number of halogens is 3. The van der Waals surface area contributed by atoms with Crippen LogP contribution in [0, 0.1) is 5.82 Å². The van der Waals surface area contributed by atoms with Crippen LogP contribution in [-0.4, -0.2) is 31.1 Å². The molecule has 1 aromatic heterocycles. The number of rotatable bonds is 8. The van der Waals surface area contributed by atoms with Crippen LogP contribution in [0.25, 0.3) is 11.0 Å². The molecule has 32 heavy (non-hydrogen) atoms. The highest BCUT2D eigenvalue weighted by Crippen LogP contribution is 2.24. The molecule has 1 aliphatic carbocycles. The van der Waals surface area contributed by atoms with Crippen molar-refractivity contribution in [1.29, 1.82) is 0 Å². The average Bonchev–Trinajstić information content (AvgIpc) is 3.20. The van der Waals surface area contributed by atoms with Crippen LogP contribution in [0.1, 0.15) is 42.7 Å². The molecule has 0 radical (unpaired) electrons. The Morgan fingerprint density at radius 2 is 1.84 bits per heavy atom. The van der Waals surface area contributed by atoms with Gasteiger partial charge in [-0.25, -0.2) is 4.39 Å². The Morgan fingerprint density at radius 1 is 1.06 bits per heavy atom. The molecule has 1 aliphatic rings. The minimum atomic E-state index is -0.476. The SMILES string of the molecule is O=C(NC1CCC(NCCCOc2ccc(Cl)c(F)c2)CC1)c1cc2cc(Cl)ccc2o1. The normalized spacial score (nSPS) is 18.6. The van der Waals surface area contributed by atoms with Gasteiger partial charge in [0.25, 0.3) is 5.91 Å². The first-order valence-electron chi connectivity index (χ1n) is 10.8. The highest BCUT2D eigenvalue weighted by atomic mass is 35.5. The molecule has 0 unspecified atom stereocenters. The second kappa shape index (κ2) is 10.6. The number of carbonyl (C=O) groups is 1. The van der Waals surface area contributed by atoms with Gasteiger partial charge in [-0.05, 0) is 75.0 Å². The first kappa shape index (κ1) is 22.9. The molecule has 8 heteroatoms. The average molecular weight is 479 g/mol. The van der Waals surface area contributed by atoms with Gasteiger partial charge in [0.05, 0.1) is 11.6 Å². The minimum Gasteiger partial charge on any atom is -0.493 e. The van der Waals surface area contributed by atoms with Crippen LogP contribution in [0.3, 0.4) is 0 Å². The molecule has 4 rings (SSSR count). The van der Waals surface area contributed by atoms with E-state index in [1.165, 1.54) is 12.1 Å². The number of ether oxygens (including phenoxy) is 1. The second-order valence-corrected chi connectivity index (χ2v) is 8.89. The molecular formula is C24H25Cl2FN2O3. The maximum absolute atomic E-state index is 13.4. The number of amides is 1. The van der Waals surface area contributed by atoms with Crippen molar-refractivity contribution < 1.29 is 18.3 Å². The molecule has 0 spiro atoms. The minimum absolute atomic E-state index is 0.0910. The lowest BCUT2D eigenvalue weighted by Crippen LogP contribution is -2.42. The van der Waals surface area contributed by atoms with Gasteiger partial charge in [0.2, 0.25) is 0 Å². The third kappa shape index (κ3) is 5.94.